The highest BCUT2D eigenvalue weighted by Gasteiger charge is 2.31. The third kappa shape index (κ3) is 4.07. The number of hydrogen-bond acceptors (Lipinski definition) is 2. The molecule has 2 saturated heterocycles. The first-order valence-corrected chi connectivity index (χ1v) is 8.73. The highest BCUT2D eigenvalue weighted by atomic mass is 35.5. The van der Waals surface area contributed by atoms with E-state index in [1.807, 2.05) is 0 Å². The zero-order chi connectivity index (χ0) is 15.5. The molecule has 0 aliphatic carbocycles. The molecule has 0 saturated carbocycles. The predicted octanol–water partition coefficient (Wildman–Crippen LogP) is 3.78. The predicted molar refractivity (Wildman–Crippen MR) is 97.1 cm³/mol. The number of likely N-dealkylation sites (tertiary alicyclic amines) is 1. The van der Waals surface area contributed by atoms with Crippen LogP contribution in [0.15, 0.2) is 18.2 Å². The number of aryl methyl sites for hydroxylation is 1. The molecular weight excluding hydrogens is 308 g/mol. The van der Waals surface area contributed by atoms with Gasteiger partial charge in [-0.2, -0.15) is 0 Å². The van der Waals surface area contributed by atoms with Gasteiger partial charge in [-0.3, -0.25) is 4.79 Å². The molecule has 0 radical (unpaired) electrons. The van der Waals surface area contributed by atoms with Gasteiger partial charge < -0.3 is 10.2 Å². The maximum Gasteiger partial charge on any atom is 0.223 e. The van der Waals surface area contributed by atoms with Crippen LogP contribution in [0, 0.1) is 19.8 Å². The minimum absolute atomic E-state index is 0. The van der Waals surface area contributed by atoms with Crippen molar-refractivity contribution in [3.05, 3.63) is 34.9 Å². The average molecular weight is 337 g/mol. The highest BCUT2D eigenvalue weighted by molar-refractivity contribution is 5.85. The maximum atomic E-state index is 12.7. The van der Waals surface area contributed by atoms with E-state index < -0.39 is 0 Å². The number of nitrogens with one attached hydrogen (secondary N) is 1. The number of benzene rings is 1. The molecule has 1 amide bonds. The second-order valence-electron chi connectivity index (χ2n) is 6.93. The van der Waals surface area contributed by atoms with Crippen LogP contribution in [-0.2, 0) is 4.79 Å². The van der Waals surface area contributed by atoms with Crippen molar-refractivity contribution in [1.82, 2.24) is 10.2 Å². The van der Waals surface area contributed by atoms with Crippen molar-refractivity contribution in [2.24, 2.45) is 5.92 Å². The van der Waals surface area contributed by atoms with E-state index in [1.165, 1.54) is 23.1 Å². The smallest absolute Gasteiger partial charge is 0.223 e. The Labute approximate surface area is 146 Å². The minimum atomic E-state index is 0. The molecule has 23 heavy (non-hydrogen) atoms. The van der Waals surface area contributed by atoms with E-state index in [0.717, 1.165) is 38.9 Å². The summed E-state index contributed by atoms with van der Waals surface area (Å²) in [5, 5.41) is 3.39. The minimum Gasteiger partial charge on any atom is -0.336 e. The lowest BCUT2D eigenvalue weighted by Gasteiger charge is -2.27. The zero-order valence-electron chi connectivity index (χ0n) is 14.3. The second kappa shape index (κ2) is 8.16. The molecule has 2 unspecified atom stereocenters. The number of amides is 1. The molecule has 4 heteroatoms. The van der Waals surface area contributed by atoms with E-state index in [0.29, 0.717) is 24.3 Å². The van der Waals surface area contributed by atoms with E-state index in [9.17, 15) is 4.79 Å². The number of carbonyl (C=O) groups excluding carboxylic acids is 1. The highest BCUT2D eigenvalue weighted by Crippen LogP contribution is 2.35. The van der Waals surface area contributed by atoms with E-state index in [4.69, 9.17) is 0 Å². The Kier molecular flexibility index (Phi) is 6.49. The molecule has 0 spiro atoms. The molecule has 0 aromatic heterocycles. The molecule has 3 rings (SSSR count). The Morgan fingerprint density at radius 3 is 2.87 bits per heavy atom. The first kappa shape index (κ1) is 18.3. The summed E-state index contributed by atoms with van der Waals surface area (Å²) in [6, 6.07) is 6.80. The fourth-order valence-electron chi connectivity index (χ4n) is 3.96. The van der Waals surface area contributed by atoms with Crippen molar-refractivity contribution in [2.45, 2.75) is 52.0 Å². The largest absolute Gasteiger partial charge is 0.336 e. The SMILES string of the molecule is Cc1cccc(C2CCCN2C(=O)CCC2CCNC2)c1C.Cl. The summed E-state index contributed by atoms with van der Waals surface area (Å²) in [5.74, 6) is 1.06. The number of nitrogens with zero attached hydrogens (tertiary/aromatic N) is 1. The van der Waals surface area contributed by atoms with Gasteiger partial charge in [0.05, 0.1) is 6.04 Å². The molecule has 2 aliphatic heterocycles. The Morgan fingerprint density at radius 2 is 2.13 bits per heavy atom. The van der Waals surface area contributed by atoms with Gasteiger partial charge in [-0.1, -0.05) is 18.2 Å². The molecule has 2 heterocycles. The first-order chi connectivity index (χ1) is 10.7. The summed E-state index contributed by atoms with van der Waals surface area (Å²) in [5.41, 5.74) is 4.04. The molecule has 3 nitrogen and oxygen atoms in total. The van der Waals surface area contributed by atoms with Gasteiger partial charge in [0, 0.05) is 13.0 Å². The van der Waals surface area contributed by atoms with Crippen LogP contribution < -0.4 is 5.32 Å². The monoisotopic (exact) mass is 336 g/mol. The number of halogens is 1. The van der Waals surface area contributed by atoms with E-state index >= 15 is 0 Å². The van der Waals surface area contributed by atoms with Gasteiger partial charge in [-0.15, -0.1) is 12.4 Å². The van der Waals surface area contributed by atoms with Crippen LogP contribution in [0.3, 0.4) is 0 Å². The Morgan fingerprint density at radius 1 is 1.30 bits per heavy atom. The van der Waals surface area contributed by atoms with Crippen molar-refractivity contribution >= 4 is 18.3 Å². The maximum absolute atomic E-state index is 12.7. The molecule has 1 aromatic rings. The van der Waals surface area contributed by atoms with Crippen molar-refractivity contribution in [1.29, 1.82) is 0 Å². The third-order valence-corrected chi connectivity index (χ3v) is 5.51. The van der Waals surface area contributed by atoms with Crippen molar-refractivity contribution in [3.8, 4) is 0 Å². The normalized spacial score (nSPS) is 23.8. The fourth-order valence-corrected chi connectivity index (χ4v) is 3.96. The van der Waals surface area contributed by atoms with Gasteiger partial charge in [-0.25, -0.2) is 0 Å². The molecule has 1 aromatic carbocycles. The van der Waals surface area contributed by atoms with Gasteiger partial charge in [-0.05, 0) is 75.2 Å². The molecule has 0 bridgehead atoms. The van der Waals surface area contributed by atoms with Crippen LogP contribution in [0.5, 0.6) is 0 Å². The zero-order valence-corrected chi connectivity index (χ0v) is 15.1. The summed E-state index contributed by atoms with van der Waals surface area (Å²) in [6.45, 7) is 7.49. The number of hydrogen-bond donors (Lipinski definition) is 1. The summed E-state index contributed by atoms with van der Waals surface area (Å²) in [6.07, 6.45) is 5.24. The van der Waals surface area contributed by atoms with Crippen molar-refractivity contribution in [3.63, 3.8) is 0 Å². The lowest BCUT2D eigenvalue weighted by atomic mass is 9.95. The van der Waals surface area contributed by atoms with Gasteiger partial charge in [0.15, 0.2) is 0 Å². The van der Waals surface area contributed by atoms with Crippen LogP contribution in [0.25, 0.3) is 0 Å². The van der Waals surface area contributed by atoms with Crippen LogP contribution in [0.1, 0.15) is 54.8 Å². The van der Waals surface area contributed by atoms with E-state index in [1.54, 1.807) is 0 Å². The molecule has 2 atom stereocenters. The second-order valence-corrected chi connectivity index (χ2v) is 6.93. The van der Waals surface area contributed by atoms with Gasteiger partial charge >= 0.3 is 0 Å². The quantitative estimate of drug-likeness (QED) is 0.907. The lowest BCUT2D eigenvalue weighted by Crippen LogP contribution is -2.31. The van der Waals surface area contributed by atoms with Gasteiger partial charge in [0.1, 0.15) is 0 Å². The molecular formula is C19H29ClN2O. The van der Waals surface area contributed by atoms with Crippen LogP contribution in [-0.4, -0.2) is 30.4 Å². The van der Waals surface area contributed by atoms with Crippen LogP contribution >= 0.6 is 12.4 Å². The number of rotatable bonds is 4. The lowest BCUT2D eigenvalue weighted by molar-refractivity contribution is -0.132. The third-order valence-electron chi connectivity index (χ3n) is 5.51. The number of carbonyl (C=O) groups is 1. The van der Waals surface area contributed by atoms with Crippen LogP contribution in [0.2, 0.25) is 0 Å². The molecule has 2 fully saturated rings. The first-order valence-electron chi connectivity index (χ1n) is 8.73. The molecule has 2 aliphatic rings. The topological polar surface area (TPSA) is 32.3 Å². The summed E-state index contributed by atoms with van der Waals surface area (Å²) >= 11 is 0. The van der Waals surface area contributed by atoms with Crippen molar-refractivity contribution in [2.75, 3.05) is 19.6 Å². The Balaban J connectivity index is 0.00000192. The summed E-state index contributed by atoms with van der Waals surface area (Å²) in [7, 11) is 0. The van der Waals surface area contributed by atoms with Gasteiger partial charge in [0.2, 0.25) is 5.91 Å². The standard InChI is InChI=1S/C19H28N2O.ClH/c1-14-5-3-6-17(15(14)2)18-7-4-12-21(18)19(22)9-8-16-10-11-20-13-16;/h3,5-6,16,18,20H,4,7-13H2,1-2H3;1H. The average Bonchev–Trinajstić information content (AvgIpc) is 3.18. The fraction of sp³-hybridized carbons (Fsp3) is 0.632. The van der Waals surface area contributed by atoms with Gasteiger partial charge in [0.25, 0.3) is 0 Å². The van der Waals surface area contributed by atoms with Crippen LogP contribution in [0.4, 0.5) is 0 Å². The summed E-state index contributed by atoms with van der Waals surface area (Å²) in [4.78, 5) is 14.8. The summed E-state index contributed by atoms with van der Waals surface area (Å²) < 4.78 is 0. The van der Waals surface area contributed by atoms with Crippen molar-refractivity contribution < 1.29 is 4.79 Å². The molecule has 1 N–H and O–H groups in total. The Bertz CT molecular complexity index is 540. The van der Waals surface area contributed by atoms with E-state index in [2.05, 4.69) is 42.3 Å². The molecule has 128 valence electrons. The van der Waals surface area contributed by atoms with E-state index in [-0.39, 0.29) is 12.4 Å². The Hall–Kier alpha value is -1.06.